The van der Waals surface area contributed by atoms with E-state index in [2.05, 4.69) is 25.2 Å². The van der Waals surface area contributed by atoms with Crippen LogP contribution in [0.25, 0.3) is 0 Å². The largest absolute Gasteiger partial charge is 2.00 e. The Morgan fingerprint density at radius 3 is 1.91 bits per heavy atom. The molecule has 0 N–H and O–H groups in total. The van der Waals surface area contributed by atoms with E-state index in [1.807, 2.05) is 0 Å². The van der Waals surface area contributed by atoms with Crippen LogP contribution >= 0.6 is 0 Å². The van der Waals surface area contributed by atoms with Crippen LogP contribution in [0, 0.1) is 6.42 Å². The Bertz CT molecular complexity index is 82.2. The summed E-state index contributed by atoms with van der Waals surface area (Å²) in [5.41, 5.74) is 0. The van der Waals surface area contributed by atoms with Crippen LogP contribution in [0.1, 0.15) is 26.7 Å². The maximum absolute atomic E-state index is 2.53. The zero-order valence-electron chi connectivity index (χ0n) is 7.52. The van der Waals surface area contributed by atoms with Crippen molar-refractivity contribution in [2.45, 2.75) is 32.7 Å². The summed E-state index contributed by atoms with van der Waals surface area (Å²) >= 11 is 0. The van der Waals surface area contributed by atoms with E-state index < -0.39 is 0 Å². The SMILES string of the molecule is CC(C)N1CC[CH-]CC1.[Cl-].[Mg+2]. The minimum Gasteiger partial charge on any atom is -1.00 e. The van der Waals surface area contributed by atoms with Gasteiger partial charge in [0, 0.05) is 6.04 Å². The van der Waals surface area contributed by atoms with Crippen molar-refractivity contribution in [2.24, 2.45) is 0 Å². The monoisotopic (exact) mass is 185 g/mol. The number of halogens is 1. The van der Waals surface area contributed by atoms with Crippen molar-refractivity contribution in [3.05, 3.63) is 6.42 Å². The first kappa shape index (κ1) is 14.5. The molecule has 1 nitrogen and oxygen atoms in total. The molecule has 1 aliphatic heterocycles. The maximum atomic E-state index is 2.53. The van der Waals surface area contributed by atoms with E-state index in [1.54, 1.807) is 0 Å². The summed E-state index contributed by atoms with van der Waals surface area (Å²) in [6.45, 7) is 7.09. The summed E-state index contributed by atoms with van der Waals surface area (Å²) in [5.74, 6) is 0. The Labute approximate surface area is 92.5 Å². The third-order valence-corrected chi connectivity index (χ3v) is 1.97. The molecule has 0 atom stereocenters. The fourth-order valence-electron chi connectivity index (χ4n) is 1.29. The van der Waals surface area contributed by atoms with Crippen LogP contribution in [0.2, 0.25) is 0 Å². The summed E-state index contributed by atoms with van der Waals surface area (Å²) in [5, 5.41) is 0. The van der Waals surface area contributed by atoms with Crippen LogP contribution in [0.5, 0.6) is 0 Å². The molecule has 0 aromatic rings. The van der Waals surface area contributed by atoms with Crippen molar-refractivity contribution >= 4 is 23.1 Å². The van der Waals surface area contributed by atoms with Crippen LogP contribution in [0.15, 0.2) is 0 Å². The minimum atomic E-state index is 0. The second-order valence-corrected chi connectivity index (χ2v) is 3.00. The predicted molar refractivity (Wildman–Crippen MR) is 46.0 cm³/mol. The van der Waals surface area contributed by atoms with Gasteiger partial charge in [-0.25, -0.2) is 0 Å². The molecule has 0 amide bonds. The zero-order valence-corrected chi connectivity index (χ0v) is 9.69. The van der Waals surface area contributed by atoms with E-state index in [9.17, 15) is 0 Å². The quantitative estimate of drug-likeness (QED) is 0.349. The van der Waals surface area contributed by atoms with E-state index in [4.69, 9.17) is 0 Å². The predicted octanol–water partition coefficient (Wildman–Crippen LogP) is -1.68. The van der Waals surface area contributed by atoms with Gasteiger partial charge in [-0.3, -0.25) is 0 Å². The molecule has 0 aliphatic carbocycles. The third kappa shape index (κ3) is 5.29. The van der Waals surface area contributed by atoms with E-state index in [1.165, 1.54) is 25.9 Å². The maximum Gasteiger partial charge on any atom is 2.00 e. The van der Waals surface area contributed by atoms with Gasteiger partial charge in [0.25, 0.3) is 0 Å². The van der Waals surface area contributed by atoms with Crippen LogP contribution in [-0.4, -0.2) is 47.1 Å². The Kier molecular flexibility index (Phi) is 10.1. The zero-order chi connectivity index (χ0) is 6.69. The number of rotatable bonds is 1. The second kappa shape index (κ2) is 7.65. The fourth-order valence-corrected chi connectivity index (χ4v) is 1.29. The van der Waals surface area contributed by atoms with Gasteiger partial charge in [-0.1, -0.05) is 0 Å². The molecule has 1 saturated heterocycles. The van der Waals surface area contributed by atoms with Gasteiger partial charge in [0.1, 0.15) is 0 Å². The van der Waals surface area contributed by atoms with E-state index in [0.29, 0.717) is 0 Å². The van der Waals surface area contributed by atoms with Crippen LogP contribution in [0.4, 0.5) is 0 Å². The first-order valence-corrected chi connectivity index (χ1v) is 3.86. The van der Waals surface area contributed by atoms with Gasteiger partial charge in [0.2, 0.25) is 0 Å². The first-order chi connectivity index (χ1) is 4.30. The number of hydrogen-bond donors (Lipinski definition) is 0. The van der Waals surface area contributed by atoms with Crippen molar-refractivity contribution < 1.29 is 12.4 Å². The molecule has 1 aliphatic rings. The van der Waals surface area contributed by atoms with Gasteiger partial charge in [-0.05, 0) is 26.9 Å². The standard InChI is InChI=1S/C8H16N.ClH.Mg/c1-8(2)9-6-4-3-5-7-9;;/h3,8H,4-7H2,1-2H3;1H;/q-1;;+2/p-1. The fraction of sp³-hybridized carbons (Fsp3) is 0.875. The van der Waals surface area contributed by atoms with E-state index >= 15 is 0 Å². The average Bonchev–Trinajstić information content (AvgIpc) is 1.90. The molecule has 11 heavy (non-hydrogen) atoms. The molecule has 1 rings (SSSR count). The van der Waals surface area contributed by atoms with Crippen molar-refractivity contribution in [3.63, 3.8) is 0 Å². The molecule has 0 aromatic heterocycles. The summed E-state index contributed by atoms with van der Waals surface area (Å²) in [6, 6.07) is 0.749. The topological polar surface area (TPSA) is 3.24 Å². The molecule has 0 saturated carbocycles. The number of likely N-dealkylation sites (tertiary alicyclic amines) is 1. The van der Waals surface area contributed by atoms with Crippen LogP contribution < -0.4 is 12.4 Å². The normalized spacial score (nSPS) is 18.8. The first-order valence-electron chi connectivity index (χ1n) is 3.86. The van der Waals surface area contributed by atoms with Gasteiger partial charge in [0.15, 0.2) is 0 Å². The average molecular weight is 186 g/mol. The smallest absolute Gasteiger partial charge is 1.00 e. The number of piperidine rings is 1. The number of nitrogens with zero attached hydrogens (tertiary/aromatic N) is 1. The molecule has 0 spiro atoms. The molecule has 0 bridgehead atoms. The number of hydrogen-bond acceptors (Lipinski definition) is 1. The molecule has 0 radical (unpaired) electrons. The molecule has 0 aromatic carbocycles. The third-order valence-electron chi connectivity index (χ3n) is 1.97. The Morgan fingerprint density at radius 1 is 1.18 bits per heavy atom. The van der Waals surface area contributed by atoms with Gasteiger partial charge in [-0.2, -0.15) is 12.8 Å². The van der Waals surface area contributed by atoms with Crippen molar-refractivity contribution in [1.29, 1.82) is 0 Å². The molecule has 3 heteroatoms. The second-order valence-electron chi connectivity index (χ2n) is 3.00. The van der Waals surface area contributed by atoms with Crippen molar-refractivity contribution in [2.75, 3.05) is 13.1 Å². The Morgan fingerprint density at radius 2 is 1.64 bits per heavy atom. The van der Waals surface area contributed by atoms with Crippen molar-refractivity contribution in [1.82, 2.24) is 4.90 Å². The molecular weight excluding hydrogens is 170 g/mol. The molecule has 62 valence electrons. The van der Waals surface area contributed by atoms with Crippen LogP contribution in [0.3, 0.4) is 0 Å². The molecule has 1 heterocycles. The Hall–Kier alpha value is 1.02. The van der Waals surface area contributed by atoms with Gasteiger partial charge in [-0.15, -0.1) is 0 Å². The van der Waals surface area contributed by atoms with Crippen LogP contribution in [-0.2, 0) is 0 Å². The Balaban J connectivity index is 0. The molecule has 1 fully saturated rings. The summed E-state index contributed by atoms with van der Waals surface area (Å²) in [6.07, 6.45) is 4.97. The van der Waals surface area contributed by atoms with Gasteiger partial charge < -0.3 is 23.7 Å². The van der Waals surface area contributed by atoms with E-state index in [0.717, 1.165) is 6.04 Å². The van der Waals surface area contributed by atoms with E-state index in [-0.39, 0.29) is 35.5 Å². The summed E-state index contributed by atoms with van der Waals surface area (Å²) in [4.78, 5) is 2.53. The summed E-state index contributed by atoms with van der Waals surface area (Å²) in [7, 11) is 0. The molecule has 0 unspecified atom stereocenters. The van der Waals surface area contributed by atoms with Crippen molar-refractivity contribution in [3.8, 4) is 0 Å². The summed E-state index contributed by atoms with van der Waals surface area (Å²) < 4.78 is 0. The minimum absolute atomic E-state index is 0. The van der Waals surface area contributed by atoms with Gasteiger partial charge in [0.05, 0.1) is 0 Å². The van der Waals surface area contributed by atoms with Gasteiger partial charge >= 0.3 is 23.1 Å². The molecular formula is C8H16ClMgN.